The van der Waals surface area contributed by atoms with Gasteiger partial charge in [0.2, 0.25) is 0 Å². The van der Waals surface area contributed by atoms with Crippen molar-refractivity contribution in [1.82, 2.24) is 10.3 Å². The summed E-state index contributed by atoms with van der Waals surface area (Å²) in [4.78, 5) is 16.0. The van der Waals surface area contributed by atoms with Crippen LogP contribution in [0.25, 0.3) is 0 Å². The van der Waals surface area contributed by atoms with E-state index in [1.807, 2.05) is 13.0 Å². The molecule has 5 nitrogen and oxygen atoms in total. The van der Waals surface area contributed by atoms with Gasteiger partial charge in [0.05, 0.1) is 12.0 Å². The van der Waals surface area contributed by atoms with Crippen LogP contribution < -0.4 is 10.6 Å². The number of halogens is 1. The number of rotatable bonds is 2. The van der Waals surface area contributed by atoms with Crippen molar-refractivity contribution < 1.29 is 9.21 Å². The van der Waals surface area contributed by atoms with E-state index in [2.05, 4.69) is 38.2 Å². The Balaban J connectivity index is 1.98. The number of aryl methyl sites for hydroxylation is 1. The molecule has 0 aliphatic rings. The van der Waals surface area contributed by atoms with E-state index in [1.54, 1.807) is 18.2 Å². The number of nitrogens with zero attached hydrogens (tertiary/aromatic N) is 1. The van der Waals surface area contributed by atoms with E-state index >= 15 is 0 Å². The van der Waals surface area contributed by atoms with Crippen LogP contribution in [0.2, 0.25) is 0 Å². The first-order chi connectivity index (χ1) is 9.06. The van der Waals surface area contributed by atoms with Gasteiger partial charge in [-0.25, -0.2) is 4.98 Å². The monoisotopic (exact) mass is 387 g/mol. The Morgan fingerprint density at radius 1 is 1.42 bits per heavy atom. The third kappa shape index (κ3) is 3.74. The number of thiocarbonyl (C=S) groups is 1. The summed E-state index contributed by atoms with van der Waals surface area (Å²) in [5, 5.41) is 5.53. The predicted molar refractivity (Wildman–Crippen MR) is 84.1 cm³/mol. The Bertz CT molecular complexity index is 613. The van der Waals surface area contributed by atoms with Crippen LogP contribution >= 0.6 is 34.8 Å². The lowest BCUT2D eigenvalue weighted by atomic mass is 10.4. The molecule has 0 atom stereocenters. The summed E-state index contributed by atoms with van der Waals surface area (Å²) in [5.41, 5.74) is 0.894. The second kappa shape index (κ2) is 6.11. The van der Waals surface area contributed by atoms with Gasteiger partial charge in [-0.05, 0) is 66.0 Å². The molecule has 2 heterocycles. The first kappa shape index (κ1) is 13.9. The molecule has 7 heteroatoms. The van der Waals surface area contributed by atoms with Crippen molar-refractivity contribution in [2.45, 2.75) is 6.92 Å². The van der Waals surface area contributed by atoms with Crippen LogP contribution in [0, 0.1) is 10.5 Å². The largest absolute Gasteiger partial charge is 0.459 e. The highest BCUT2D eigenvalue weighted by atomic mass is 127. The van der Waals surface area contributed by atoms with Gasteiger partial charge in [0.25, 0.3) is 5.91 Å². The molecular formula is C12H10IN3O2S. The predicted octanol–water partition coefficient (Wildman–Crippen LogP) is 2.71. The summed E-state index contributed by atoms with van der Waals surface area (Å²) in [6, 6.07) is 6.91. The fourth-order valence-corrected chi connectivity index (χ4v) is 1.83. The normalized spacial score (nSPS) is 10.0. The zero-order valence-electron chi connectivity index (χ0n) is 9.94. The molecule has 2 N–H and O–H groups in total. The van der Waals surface area contributed by atoms with Crippen LogP contribution in [0.4, 0.5) is 5.82 Å². The van der Waals surface area contributed by atoms with Crippen molar-refractivity contribution in [2.75, 3.05) is 5.32 Å². The Kier molecular flexibility index (Phi) is 4.48. The molecule has 2 rings (SSSR count). The maximum absolute atomic E-state index is 11.7. The lowest BCUT2D eigenvalue weighted by Gasteiger charge is -2.08. The second-order valence-corrected chi connectivity index (χ2v) is 5.22. The van der Waals surface area contributed by atoms with E-state index in [1.165, 1.54) is 6.26 Å². The first-order valence-electron chi connectivity index (χ1n) is 5.35. The Hall–Kier alpha value is -1.48. The van der Waals surface area contributed by atoms with Gasteiger partial charge in [0.1, 0.15) is 5.82 Å². The SMILES string of the molecule is Cc1nc(NC(=S)NC(=O)c2ccco2)ccc1I. The van der Waals surface area contributed by atoms with Crippen LogP contribution in [0.15, 0.2) is 34.9 Å². The van der Waals surface area contributed by atoms with Crippen molar-refractivity contribution in [3.05, 3.63) is 45.6 Å². The highest BCUT2D eigenvalue weighted by Crippen LogP contribution is 2.12. The molecule has 98 valence electrons. The molecule has 0 fully saturated rings. The van der Waals surface area contributed by atoms with E-state index in [9.17, 15) is 4.79 Å². The number of anilines is 1. The van der Waals surface area contributed by atoms with E-state index in [4.69, 9.17) is 16.6 Å². The van der Waals surface area contributed by atoms with Crippen LogP contribution in [0.3, 0.4) is 0 Å². The molecule has 2 aromatic heterocycles. The number of nitrogens with one attached hydrogen (secondary N) is 2. The van der Waals surface area contributed by atoms with Crippen molar-refractivity contribution in [3.8, 4) is 0 Å². The number of carbonyl (C=O) groups is 1. The average Bonchev–Trinajstić information content (AvgIpc) is 2.87. The Morgan fingerprint density at radius 3 is 2.84 bits per heavy atom. The number of hydrogen-bond acceptors (Lipinski definition) is 4. The van der Waals surface area contributed by atoms with E-state index in [-0.39, 0.29) is 10.9 Å². The summed E-state index contributed by atoms with van der Waals surface area (Å²) in [6.45, 7) is 1.90. The molecule has 19 heavy (non-hydrogen) atoms. The molecule has 1 amide bonds. The van der Waals surface area contributed by atoms with Crippen molar-refractivity contribution >= 4 is 51.6 Å². The van der Waals surface area contributed by atoms with Gasteiger partial charge in [-0.15, -0.1) is 0 Å². The number of amides is 1. The Labute approximate surface area is 128 Å². The lowest BCUT2D eigenvalue weighted by molar-refractivity contribution is 0.0950. The van der Waals surface area contributed by atoms with Gasteiger partial charge in [-0.1, -0.05) is 0 Å². The van der Waals surface area contributed by atoms with Crippen molar-refractivity contribution in [2.24, 2.45) is 0 Å². The maximum Gasteiger partial charge on any atom is 0.293 e. The summed E-state index contributed by atoms with van der Waals surface area (Å²) >= 11 is 7.23. The molecule has 2 aromatic rings. The highest BCUT2D eigenvalue weighted by molar-refractivity contribution is 14.1. The smallest absolute Gasteiger partial charge is 0.293 e. The maximum atomic E-state index is 11.7. The first-order valence-corrected chi connectivity index (χ1v) is 6.84. The molecule has 0 saturated carbocycles. The van der Waals surface area contributed by atoms with E-state index in [0.29, 0.717) is 5.82 Å². The van der Waals surface area contributed by atoms with Crippen LogP contribution in [0.5, 0.6) is 0 Å². The third-order valence-electron chi connectivity index (χ3n) is 2.23. The topological polar surface area (TPSA) is 67.2 Å². The molecule has 0 saturated heterocycles. The quantitative estimate of drug-likeness (QED) is 0.613. The number of hydrogen-bond donors (Lipinski definition) is 2. The third-order valence-corrected chi connectivity index (χ3v) is 3.58. The number of aromatic nitrogens is 1. The minimum absolute atomic E-state index is 0.175. The van der Waals surface area contributed by atoms with Gasteiger partial charge < -0.3 is 9.73 Å². The molecule has 0 unspecified atom stereocenters. The molecule has 0 bridgehead atoms. The molecule has 0 spiro atoms. The second-order valence-electron chi connectivity index (χ2n) is 3.65. The zero-order valence-corrected chi connectivity index (χ0v) is 12.9. The Morgan fingerprint density at radius 2 is 2.21 bits per heavy atom. The van der Waals surface area contributed by atoms with Gasteiger partial charge in [0, 0.05) is 3.57 Å². The van der Waals surface area contributed by atoms with Gasteiger partial charge in [0.15, 0.2) is 10.9 Å². The fourth-order valence-electron chi connectivity index (χ4n) is 1.33. The number of pyridine rings is 1. The van der Waals surface area contributed by atoms with Gasteiger partial charge in [-0.3, -0.25) is 10.1 Å². The number of carbonyl (C=O) groups excluding carboxylic acids is 1. The minimum Gasteiger partial charge on any atom is -0.459 e. The summed E-state index contributed by atoms with van der Waals surface area (Å²) in [5.74, 6) is 0.392. The molecule has 0 aliphatic carbocycles. The molecular weight excluding hydrogens is 377 g/mol. The fraction of sp³-hybridized carbons (Fsp3) is 0.0833. The minimum atomic E-state index is -0.398. The van der Waals surface area contributed by atoms with Crippen molar-refractivity contribution in [3.63, 3.8) is 0 Å². The van der Waals surface area contributed by atoms with Gasteiger partial charge in [-0.2, -0.15) is 0 Å². The van der Waals surface area contributed by atoms with E-state index in [0.717, 1.165) is 9.26 Å². The van der Waals surface area contributed by atoms with Crippen molar-refractivity contribution in [1.29, 1.82) is 0 Å². The average molecular weight is 387 g/mol. The lowest BCUT2D eigenvalue weighted by Crippen LogP contribution is -2.34. The summed E-state index contributed by atoms with van der Waals surface area (Å²) in [6.07, 6.45) is 1.43. The highest BCUT2D eigenvalue weighted by Gasteiger charge is 2.10. The van der Waals surface area contributed by atoms with Crippen LogP contribution in [-0.2, 0) is 0 Å². The molecule has 0 aromatic carbocycles. The standard InChI is InChI=1S/C12H10IN3O2S/c1-7-8(13)4-5-10(14-7)15-12(19)16-11(17)9-3-2-6-18-9/h2-6H,1H3,(H2,14,15,16,17,19). The van der Waals surface area contributed by atoms with Crippen LogP contribution in [-0.4, -0.2) is 16.0 Å². The number of furan rings is 1. The molecule has 0 aliphatic heterocycles. The van der Waals surface area contributed by atoms with Gasteiger partial charge >= 0.3 is 0 Å². The van der Waals surface area contributed by atoms with E-state index < -0.39 is 5.91 Å². The van der Waals surface area contributed by atoms with Crippen LogP contribution in [0.1, 0.15) is 16.2 Å². The molecule has 0 radical (unpaired) electrons. The summed E-state index contributed by atoms with van der Waals surface area (Å²) in [7, 11) is 0. The summed E-state index contributed by atoms with van der Waals surface area (Å²) < 4.78 is 6.03. The zero-order chi connectivity index (χ0) is 13.8.